The first-order valence-corrected chi connectivity index (χ1v) is 8.31. The van der Waals surface area contributed by atoms with Crippen LogP contribution in [0.2, 0.25) is 0 Å². The maximum Gasteiger partial charge on any atom is 0.204 e. The Kier molecular flexibility index (Phi) is 5.44. The van der Waals surface area contributed by atoms with E-state index in [0.717, 1.165) is 27.9 Å². The minimum absolute atomic E-state index is 0.127. The van der Waals surface area contributed by atoms with Crippen LogP contribution in [0.25, 0.3) is 17.0 Å². The Morgan fingerprint density at radius 3 is 2.58 bits per heavy atom. The molecule has 1 heterocycles. The molecule has 0 bridgehead atoms. The lowest BCUT2D eigenvalue weighted by Crippen LogP contribution is -1.98. The van der Waals surface area contributed by atoms with Crippen LogP contribution in [0.15, 0.2) is 72.8 Å². The molecule has 3 rings (SSSR count). The van der Waals surface area contributed by atoms with Crippen molar-refractivity contribution >= 4 is 28.4 Å². The van der Waals surface area contributed by atoms with Gasteiger partial charge in [-0.15, -0.1) is 0 Å². The zero-order valence-electron chi connectivity index (χ0n) is 14.8. The van der Waals surface area contributed by atoms with Crippen LogP contribution in [0.5, 0.6) is 5.75 Å². The molecule has 0 amide bonds. The first kappa shape index (κ1) is 17.4. The molecule has 0 saturated heterocycles. The van der Waals surface area contributed by atoms with Crippen molar-refractivity contribution in [1.29, 1.82) is 0 Å². The number of allylic oxidation sites excluding steroid dienone is 3. The summed E-state index contributed by atoms with van der Waals surface area (Å²) in [4.78, 5) is 16.7. The van der Waals surface area contributed by atoms with Gasteiger partial charge in [0.25, 0.3) is 0 Å². The Labute approximate surface area is 152 Å². The number of carbonyl (C=O) groups is 1. The lowest BCUT2D eigenvalue weighted by Gasteiger charge is -2.03. The summed E-state index contributed by atoms with van der Waals surface area (Å²) in [5, 5.41) is 4.02. The lowest BCUT2D eigenvalue weighted by molar-refractivity contribution is 0.104. The fourth-order valence-corrected chi connectivity index (χ4v) is 2.52. The van der Waals surface area contributed by atoms with Crippen LogP contribution in [0.1, 0.15) is 16.1 Å². The van der Waals surface area contributed by atoms with Crippen molar-refractivity contribution in [2.75, 3.05) is 19.5 Å². The van der Waals surface area contributed by atoms with E-state index in [2.05, 4.69) is 10.3 Å². The minimum atomic E-state index is -0.127. The molecule has 4 heteroatoms. The van der Waals surface area contributed by atoms with E-state index in [1.807, 2.05) is 67.7 Å². The highest BCUT2D eigenvalue weighted by atomic mass is 16.5. The summed E-state index contributed by atoms with van der Waals surface area (Å²) in [6.07, 6.45) is 7.05. The van der Waals surface area contributed by atoms with Crippen LogP contribution in [0.3, 0.4) is 0 Å². The van der Waals surface area contributed by atoms with Crippen molar-refractivity contribution in [3.63, 3.8) is 0 Å². The standard InChI is InChI=1S/C22H20N2O2/c1-23-18-10-7-16(8-11-18)5-3-4-6-22(25)21-13-9-17-15-19(26-2)12-14-20(17)24-21/h3-15,23H,1-2H3/b5-3+,6-4+. The number of ether oxygens (including phenoxy) is 1. The van der Waals surface area contributed by atoms with Crippen LogP contribution >= 0.6 is 0 Å². The van der Waals surface area contributed by atoms with Gasteiger partial charge < -0.3 is 10.1 Å². The van der Waals surface area contributed by atoms with Crippen molar-refractivity contribution in [1.82, 2.24) is 4.98 Å². The summed E-state index contributed by atoms with van der Waals surface area (Å²) >= 11 is 0. The summed E-state index contributed by atoms with van der Waals surface area (Å²) in [5.74, 6) is 0.643. The van der Waals surface area contributed by atoms with E-state index in [9.17, 15) is 4.79 Å². The second-order valence-corrected chi connectivity index (χ2v) is 5.71. The first-order valence-electron chi connectivity index (χ1n) is 8.31. The van der Waals surface area contributed by atoms with Gasteiger partial charge in [0, 0.05) is 18.1 Å². The normalized spacial score (nSPS) is 11.3. The number of anilines is 1. The molecular formula is C22H20N2O2. The van der Waals surface area contributed by atoms with Crippen molar-refractivity contribution in [3.05, 3.63) is 84.1 Å². The second kappa shape index (κ2) is 8.12. The molecule has 0 aliphatic carbocycles. The zero-order valence-corrected chi connectivity index (χ0v) is 14.8. The van der Waals surface area contributed by atoms with Crippen LogP contribution in [-0.4, -0.2) is 24.9 Å². The first-order chi connectivity index (χ1) is 12.7. The molecule has 26 heavy (non-hydrogen) atoms. The van der Waals surface area contributed by atoms with Crippen LogP contribution in [-0.2, 0) is 0 Å². The predicted molar refractivity (Wildman–Crippen MR) is 107 cm³/mol. The SMILES string of the molecule is CNc1ccc(/C=C/C=C/C(=O)c2ccc3cc(OC)ccc3n2)cc1. The lowest BCUT2D eigenvalue weighted by atomic mass is 10.1. The second-order valence-electron chi connectivity index (χ2n) is 5.71. The van der Waals surface area contributed by atoms with E-state index < -0.39 is 0 Å². The molecule has 0 aliphatic heterocycles. The zero-order chi connectivity index (χ0) is 18.4. The number of hydrogen-bond acceptors (Lipinski definition) is 4. The fraction of sp³-hybridized carbons (Fsp3) is 0.0909. The van der Waals surface area contributed by atoms with Gasteiger partial charge >= 0.3 is 0 Å². The van der Waals surface area contributed by atoms with Crippen LogP contribution < -0.4 is 10.1 Å². The summed E-state index contributed by atoms with van der Waals surface area (Å²) in [5.41, 5.74) is 3.32. The highest BCUT2D eigenvalue weighted by molar-refractivity contribution is 6.04. The van der Waals surface area contributed by atoms with Crippen molar-refractivity contribution < 1.29 is 9.53 Å². The summed E-state index contributed by atoms with van der Waals surface area (Å²) in [6.45, 7) is 0. The number of methoxy groups -OCH3 is 1. The Hall–Kier alpha value is -3.40. The van der Waals surface area contributed by atoms with Gasteiger partial charge in [-0.3, -0.25) is 4.79 Å². The molecule has 4 nitrogen and oxygen atoms in total. The van der Waals surface area contributed by atoms with Crippen molar-refractivity contribution in [2.45, 2.75) is 0 Å². The highest BCUT2D eigenvalue weighted by Crippen LogP contribution is 2.19. The average Bonchev–Trinajstić information content (AvgIpc) is 2.70. The fourth-order valence-electron chi connectivity index (χ4n) is 2.52. The van der Waals surface area contributed by atoms with Gasteiger partial charge in [-0.25, -0.2) is 4.98 Å². The molecule has 0 fully saturated rings. The molecule has 0 spiro atoms. The quantitative estimate of drug-likeness (QED) is 0.399. The van der Waals surface area contributed by atoms with Crippen molar-refractivity contribution in [2.24, 2.45) is 0 Å². The number of rotatable bonds is 6. The van der Waals surface area contributed by atoms with Gasteiger partial charge in [-0.05, 0) is 48.0 Å². The maximum absolute atomic E-state index is 12.3. The Morgan fingerprint density at radius 2 is 1.85 bits per heavy atom. The average molecular weight is 344 g/mol. The number of nitrogens with one attached hydrogen (secondary N) is 1. The number of pyridine rings is 1. The van der Waals surface area contributed by atoms with E-state index in [1.165, 1.54) is 6.08 Å². The predicted octanol–water partition coefficient (Wildman–Crippen LogP) is 4.74. The monoisotopic (exact) mass is 344 g/mol. The smallest absolute Gasteiger partial charge is 0.204 e. The molecule has 3 aromatic rings. The minimum Gasteiger partial charge on any atom is -0.497 e. The third-order valence-electron chi connectivity index (χ3n) is 4.00. The van der Waals surface area contributed by atoms with Gasteiger partial charge in [-0.2, -0.15) is 0 Å². The molecule has 130 valence electrons. The summed E-state index contributed by atoms with van der Waals surface area (Å²) in [6, 6.07) is 17.2. The molecule has 0 saturated carbocycles. The van der Waals surface area contributed by atoms with Gasteiger partial charge in [-0.1, -0.05) is 36.4 Å². The largest absolute Gasteiger partial charge is 0.497 e. The number of aromatic nitrogens is 1. The van der Waals surface area contributed by atoms with Crippen LogP contribution in [0.4, 0.5) is 5.69 Å². The Balaban J connectivity index is 1.69. The van der Waals surface area contributed by atoms with Gasteiger partial charge in [0.05, 0.1) is 12.6 Å². The number of hydrogen-bond donors (Lipinski definition) is 1. The number of benzene rings is 2. The summed E-state index contributed by atoms with van der Waals surface area (Å²) < 4.78 is 5.20. The molecule has 2 aromatic carbocycles. The Bertz CT molecular complexity index is 973. The topological polar surface area (TPSA) is 51.2 Å². The highest BCUT2D eigenvalue weighted by Gasteiger charge is 2.05. The van der Waals surface area contributed by atoms with Crippen LogP contribution in [0, 0.1) is 0 Å². The maximum atomic E-state index is 12.3. The van der Waals surface area contributed by atoms with E-state index in [1.54, 1.807) is 19.3 Å². The van der Waals surface area contributed by atoms with E-state index in [-0.39, 0.29) is 5.78 Å². The number of ketones is 1. The third-order valence-corrected chi connectivity index (χ3v) is 4.00. The number of fused-ring (bicyclic) bond motifs is 1. The number of carbonyl (C=O) groups excluding carboxylic acids is 1. The molecule has 1 N–H and O–H groups in total. The Morgan fingerprint density at radius 1 is 1.04 bits per heavy atom. The third kappa shape index (κ3) is 4.16. The number of nitrogens with zero attached hydrogens (tertiary/aromatic N) is 1. The van der Waals surface area contributed by atoms with E-state index in [4.69, 9.17) is 4.74 Å². The summed E-state index contributed by atoms with van der Waals surface area (Å²) in [7, 11) is 3.51. The van der Waals surface area contributed by atoms with E-state index in [0.29, 0.717) is 5.69 Å². The van der Waals surface area contributed by atoms with Crippen molar-refractivity contribution in [3.8, 4) is 5.75 Å². The molecule has 0 aliphatic rings. The van der Waals surface area contributed by atoms with Gasteiger partial charge in [0.1, 0.15) is 11.4 Å². The van der Waals surface area contributed by atoms with E-state index >= 15 is 0 Å². The molecule has 0 atom stereocenters. The molecule has 0 unspecified atom stereocenters. The van der Waals surface area contributed by atoms with Gasteiger partial charge in [0.15, 0.2) is 0 Å². The molecule has 1 aromatic heterocycles. The molecule has 0 radical (unpaired) electrons. The molecular weight excluding hydrogens is 324 g/mol. The van der Waals surface area contributed by atoms with Gasteiger partial charge in [0.2, 0.25) is 5.78 Å².